The Bertz CT molecular complexity index is 756. The Kier molecular flexibility index (Phi) is 4.52. The molecule has 0 aromatic heterocycles. The van der Waals surface area contributed by atoms with Gasteiger partial charge in [0.25, 0.3) is 0 Å². The van der Waals surface area contributed by atoms with Crippen molar-refractivity contribution in [3.05, 3.63) is 23.3 Å². The molecule has 2 bridgehead atoms. The Hall–Kier alpha value is -1.01. The van der Waals surface area contributed by atoms with E-state index in [0.29, 0.717) is 12.8 Å². The van der Waals surface area contributed by atoms with E-state index in [4.69, 9.17) is 4.74 Å². The summed E-state index contributed by atoms with van der Waals surface area (Å²) in [7, 11) is 1.89. The van der Waals surface area contributed by atoms with Crippen LogP contribution >= 0.6 is 0 Å². The molecular formula is C23H35NO4. The molecule has 1 saturated carbocycles. The molecule has 2 fully saturated rings. The summed E-state index contributed by atoms with van der Waals surface area (Å²) in [6, 6.07) is 0. The first-order chi connectivity index (χ1) is 13.0. The van der Waals surface area contributed by atoms with Crippen LogP contribution < -0.4 is 5.32 Å². The molecule has 1 aliphatic heterocycles. The molecular weight excluding hydrogens is 354 g/mol. The van der Waals surface area contributed by atoms with Crippen LogP contribution in [0.15, 0.2) is 23.3 Å². The Morgan fingerprint density at radius 3 is 2.61 bits per heavy atom. The number of hydrogen-bond acceptors (Lipinski definition) is 5. The largest absolute Gasteiger partial charge is 0.389 e. The van der Waals surface area contributed by atoms with Gasteiger partial charge in [-0.2, -0.15) is 0 Å². The summed E-state index contributed by atoms with van der Waals surface area (Å²) in [5.74, 6) is -0.207. The zero-order valence-corrected chi connectivity index (χ0v) is 18.0. The number of carbonyl (C=O) groups excluding carboxylic acids is 1. The van der Waals surface area contributed by atoms with Crippen LogP contribution in [-0.4, -0.2) is 47.1 Å². The first-order valence-electron chi connectivity index (χ1n) is 10.7. The topological polar surface area (TPSA) is 78.8 Å². The summed E-state index contributed by atoms with van der Waals surface area (Å²) < 4.78 is 6.13. The lowest BCUT2D eigenvalue weighted by Gasteiger charge is -2.60. The molecule has 1 heterocycles. The van der Waals surface area contributed by atoms with Crippen molar-refractivity contribution in [3.8, 4) is 0 Å². The number of ether oxygens (including phenoxy) is 1. The van der Waals surface area contributed by atoms with E-state index in [1.54, 1.807) is 0 Å². The van der Waals surface area contributed by atoms with Crippen molar-refractivity contribution in [1.29, 1.82) is 0 Å². The minimum absolute atomic E-state index is 0.0497. The molecule has 0 aromatic rings. The SMILES string of the molecule is CNC1CC2C(C=C[C@@]3(C)C(=O)C(O)C4=C(C)CC[C@@](O)(C(C)C23)C4(C)C)O1. The number of fused-ring (bicyclic) bond motifs is 5. The Balaban J connectivity index is 1.92. The molecule has 4 rings (SSSR count). The van der Waals surface area contributed by atoms with Crippen molar-refractivity contribution in [1.82, 2.24) is 5.32 Å². The first-order valence-corrected chi connectivity index (χ1v) is 10.7. The molecule has 8 atom stereocenters. The van der Waals surface area contributed by atoms with Crippen LogP contribution in [0, 0.1) is 28.6 Å². The minimum Gasteiger partial charge on any atom is -0.389 e. The number of ketones is 1. The van der Waals surface area contributed by atoms with Gasteiger partial charge in [0.2, 0.25) is 0 Å². The van der Waals surface area contributed by atoms with Gasteiger partial charge in [-0.05, 0) is 63.5 Å². The van der Waals surface area contributed by atoms with Crippen LogP contribution in [0.1, 0.15) is 53.9 Å². The van der Waals surface area contributed by atoms with E-state index in [2.05, 4.69) is 12.2 Å². The average molecular weight is 390 g/mol. The van der Waals surface area contributed by atoms with Gasteiger partial charge >= 0.3 is 0 Å². The highest BCUT2D eigenvalue weighted by Gasteiger charge is 2.65. The summed E-state index contributed by atoms with van der Waals surface area (Å²) in [4.78, 5) is 13.7. The van der Waals surface area contributed by atoms with Gasteiger partial charge in [0.15, 0.2) is 5.78 Å². The number of aliphatic hydroxyl groups excluding tert-OH is 1. The van der Waals surface area contributed by atoms with Crippen LogP contribution in [0.4, 0.5) is 0 Å². The molecule has 6 unspecified atom stereocenters. The summed E-state index contributed by atoms with van der Waals surface area (Å²) >= 11 is 0. The Labute approximate surface area is 168 Å². The number of carbonyl (C=O) groups is 1. The van der Waals surface area contributed by atoms with E-state index in [9.17, 15) is 15.0 Å². The number of allylic oxidation sites excluding steroid dienone is 2. The normalized spacial score (nSPS) is 50.1. The van der Waals surface area contributed by atoms with Crippen LogP contribution in [0.3, 0.4) is 0 Å². The van der Waals surface area contributed by atoms with E-state index in [0.717, 1.165) is 17.6 Å². The predicted octanol–water partition coefficient (Wildman–Crippen LogP) is 2.58. The molecule has 5 nitrogen and oxygen atoms in total. The van der Waals surface area contributed by atoms with Crippen molar-refractivity contribution in [3.63, 3.8) is 0 Å². The van der Waals surface area contributed by atoms with Gasteiger partial charge in [0.1, 0.15) is 12.3 Å². The van der Waals surface area contributed by atoms with Crippen molar-refractivity contribution < 1.29 is 19.7 Å². The van der Waals surface area contributed by atoms with Crippen molar-refractivity contribution in [2.24, 2.45) is 28.6 Å². The molecule has 156 valence electrons. The molecule has 0 spiro atoms. The molecule has 4 aliphatic rings. The van der Waals surface area contributed by atoms with E-state index >= 15 is 0 Å². The van der Waals surface area contributed by atoms with Crippen LogP contribution in [0.5, 0.6) is 0 Å². The number of nitrogens with one attached hydrogen (secondary N) is 1. The van der Waals surface area contributed by atoms with Crippen molar-refractivity contribution in [2.45, 2.75) is 77.9 Å². The summed E-state index contributed by atoms with van der Waals surface area (Å²) in [5, 5.41) is 26.5. The standard InChI is InChI=1S/C23H35NO4/c1-12-7-10-23(27)13(2)18-14-11-16(24-6)28-15(14)8-9-22(18,5)20(26)19(25)17(12)21(23,3)4/h8-9,13-16,18-19,24-25,27H,7,10-11H2,1-6H3/t13?,14?,15?,16?,18?,19?,22-,23-/m1/s1. The third kappa shape index (κ3) is 2.36. The van der Waals surface area contributed by atoms with Gasteiger partial charge in [0.05, 0.1) is 17.1 Å². The second kappa shape index (κ2) is 6.24. The Morgan fingerprint density at radius 2 is 1.96 bits per heavy atom. The minimum atomic E-state index is -1.18. The van der Waals surface area contributed by atoms with Gasteiger partial charge in [0, 0.05) is 5.41 Å². The smallest absolute Gasteiger partial charge is 0.175 e. The van der Waals surface area contributed by atoms with Crippen LogP contribution in [0.25, 0.3) is 0 Å². The second-order valence-electron chi connectivity index (χ2n) is 10.2. The summed E-state index contributed by atoms with van der Waals surface area (Å²) in [6.45, 7) is 10.0. The molecule has 0 amide bonds. The maximum atomic E-state index is 13.7. The van der Waals surface area contributed by atoms with E-state index in [1.807, 2.05) is 46.9 Å². The van der Waals surface area contributed by atoms with E-state index in [1.165, 1.54) is 0 Å². The van der Waals surface area contributed by atoms with Crippen LogP contribution in [-0.2, 0) is 9.53 Å². The maximum absolute atomic E-state index is 13.7. The fourth-order valence-corrected chi connectivity index (χ4v) is 7.13. The molecule has 3 N–H and O–H groups in total. The number of hydrogen-bond donors (Lipinski definition) is 3. The van der Waals surface area contributed by atoms with Gasteiger partial charge < -0.3 is 14.9 Å². The van der Waals surface area contributed by atoms with Gasteiger partial charge in [-0.25, -0.2) is 0 Å². The van der Waals surface area contributed by atoms with Crippen molar-refractivity contribution in [2.75, 3.05) is 7.05 Å². The van der Waals surface area contributed by atoms with Crippen LogP contribution in [0.2, 0.25) is 0 Å². The fraction of sp³-hybridized carbons (Fsp3) is 0.783. The van der Waals surface area contributed by atoms with Gasteiger partial charge in [-0.3, -0.25) is 10.1 Å². The maximum Gasteiger partial charge on any atom is 0.175 e. The second-order valence-corrected chi connectivity index (χ2v) is 10.2. The quantitative estimate of drug-likeness (QED) is 0.601. The molecule has 1 saturated heterocycles. The molecule has 28 heavy (non-hydrogen) atoms. The lowest BCUT2D eigenvalue weighted by molar-refractivity contribution is -0.172. The summed E-state index contributed by atoms with van der Waals surface area (Å²) in [6.07, 6.45) is 4.84. The summed E-state index contributed by atoms with van der Waals surface area (Å²) in [5.41, 5.74) is -0.697. The molecule has 0 radical (unpaired) electrons. The lowest BCUT2D eigenvalue weighted by Crippen LogP contribution is -2.64. The monoisotopic (exact) mass is 389 g/mol. The third-order valence-corrected chi connectivity index (χ3v) is 8.78. The fourth-order valence-electron chi connectivity index (χ4n) is 7.13. The lowest BCUT2D eigenvalue weighted by atomic mass is 9.46. The first kappa shape index (κ1) is 20.3. The zero-order chi connectivity index (χ0) is 20.6. The number of Topliss-reactive ketones (excluding diaryl/α,β-unsaturated/α-hetero) is 1. The third-order valence-electron chi connectivity index (χ3n) is 8.78. The Morgan fingerprint density at radius 1 is 1.29 bits per heavy atom. The number of rotatable bonds is 1. The molecule has 5 heteroatoms. The average Bonchev–Trinajstić information content (AvgIpc) is 3.06. The van der Waals surface area contributed by atoms with E-state index < -0.39 is 22.5 Å². The molecule has 3 aliphatic carbocycles. The van der Waals surface area contributed by atoms with Gasteiger partial charge in [-0.15, -0.1) is 0 Å². The highest BCUT2D eigenvalue weighted by Crippen LogP contribution is 2.61. The number of aliphatic hydroxyl groups is 2. The van der Waals surface area contributed by atoms with E-state index in [-0.39, 0.29) is 35.9 Å². The van der Waals surface area contributed by atoms with Crippen molar-refractivity contribution >= 4 is 5.78 Å². The van der Waals surface area contributed by atoms with Gasteiger partial charge in [-0.1, -0.05) is 38.5 Å². The molecule has 0 aromatic carbocycles. The highest BCUT2D eigenvalue weighted by atomic mass is 16.5. The predicted molar refractivity (Wildman–Crippen MR) is 107 cm³/mol. The zero-order valence-electron chi connectivity index (χ0n) is 18.0. The highest BCUT2D eigenvalue weighted by molar-refractivity contribution is 5.94.